The Balaban J connectivity index is 3.61. The van der Waals surface area contributed by atoms with Gasteiger partial charge in [-0.25, -0.2) is 0 Å². The Kier molecular flexibility index (Phi) is 8.66. The second-order valence-corrected chi connectivity index (χ2v) is 3.89. The number of nitrogens with two attached hydrogens (primary N) is 1. The molecule has 98 valence electrons. The number of ether oxygens (including phenoxy) is 1. The first-order valence-corrected chi connectivity index (χ1v) is 5.90. The van der Waals surface area contributed by atoms with Crippen LogP contribution >= 0.6 is 0 Å². The topological polar surface area (TPSA) is 35.2 Å². The van der Waals surface area contributed by atoms with Crippen molar-refractivity contribution in [3.8, 4) is 0 Å². The van der Waals surface area contributed by atoms with E-state index in [1.807, 2.05) is 0 Å². The van der Waals surface area contributed by atoms with Gasteiger partial charge < -0.3 is 10.5 Å². The molecule has 5 heteroatoms. The van der Waals surface area contributed by atoms with Crippen LogP contribution in [-0.4, -0.2) is 25.4 Å². The Hall–Kier alpha value is -0.290. The fourth-order valence-corrected chi connectivity index (χ4v) is 1.42. The summed E-state index contributed by atoms with van der Waals surface area (Å²) in [6.07, 6.45) is -1.19. The van der Waals surface area contributed by atoms with Gasteiger partial charge in [-0.05, 0) is 19.4 Å². The molecule has 0 bridgehead atoms. The van der Waals surface area contributed by atoms with Crippen molar-refractivity contribution in [3.05, 3.63) is 0 Å². The number of unbranched alkanes of at least 4 members (excludes halogenated alkanes) is 4. The summed E-state index contributed by atoms with van der Waals surface area (Å²) < 4.78 is 41.9. The monoisotopic (exact) mass is 241 g/mol. The molecule has 0 amide bonds. The third kappa shape index (κ3) is 7.93. The second kappa shape index (κ2) is 8.82. The van der Waals surface area contributed by atoms with Crippen molar-refractivity contribution in [2.45, 2.75) is 57.7 Å². The van der Waals surface area contributed by atoms with E-state index in [2.05, 4.69) is 6.92 Å². The zero-order chi connectivity index (χ0) is 12.4. The van der Waals surface area contributed by atoms with Gasteiger partial charge in [-0.15, -0.1) is 0 Å². The van der Waals surface area contributed by atoms with Gasteiger partial charge in [-0.2, -0.15) is 13.2 Å². The summed E-state index contributed by atoms with van der Waals surface area (Å²) in [5.74, 6) is 0. The predicted molar refractivity (Wildman–Crippen MR) is 58.2 cm³/mol. The molecular formula is C11H22F3NO. The quantitative estimate of drug-likeness (QED) is 0.629. The van der Waals surface area contributed by atoms with Crippen LogP contribution in [0.2, 0.25) is 0 Å². The highest BCUT2D eigenvalue weighted by Gasteiger charge is 2.39. The summed E-state index contributed by atoms with van der Waals surface area (Å²) in [4.78, 5) is 0. The summed E-state index contributed by atoms with van der Waals surface area (Å²) in [7, 11) is 0. The lowest BCUT2D eigenvalue weighted by Crippen LogP contribution is -2.34. The first kappa shape index (κ1) is 15.7. The van der Waals surface area contributed by atoms with Gasteiger partial charge in [-0.3, -0.25) is 0 Å². The number of hydrogen-bond donors (Lipinski definition) is 1. The molecule has 2 nitrogen and oxygen atoms in total. The van der Waals surface area contributed by atoms with Crippen LogP contribution in [0.1, 0.15) is 45.4 Å². The van der Waals surface area contributed by atoms with E-state index < -0.39 is 12.3 Å². The van der Waals surface area contributed by atoms with Crippen LogP contribution in [0.25, 0.3) is 0 Å². The van der Waals surface area contributed by atoms with Gasteiger partial charge in [0.25, 0.3) is 0 Å². The maximum Gasteiger partial charge on any atom is 0.414 e. The maximum atomic E-state index is 12.4. The predicted octanol–water partition coefficient (Wildman–Crippen LogP) is 3.25. The summed E-state index contributed by atoms with van der Waals surface area (Å²) in [5, 5.41) is 0. The summed E-state index contributed by atoms with van der Waals surface area (Å²) in [6, 6.07) is 0. The largest absolute Gasteiger partial charge is 0.414 e. The van der Waals surface area contributed by atoms with Crippen molar-refractivity contribution in [2.24, 2.45) is 5.73 Å². The highest BCUT2D eigenvalue weighted by Crippen LogP contribution is 2.25. The molecule has 1 unspecified atom stereocenters. The van der Waals surface area contributed by atoms with Crippen LogP contribution in [0.4, 0.5) is 13.2 Å². The molecule has 0 spiro atoms. The number of hydrogen-bond acceptors (Lipinski definition) is 2. The van der Waals surface area contributed by atoms with E-state index in [1.54, 1.807) is 0 Å². The fourth-order valence-electron chi connectivity index (χ4n) is 1.42. The average Bonchev–Trinajstić information content (AvgIpc) is 2.20. The normalized spacial score (nSPS) is 14.1. The number of halogens is 3. The number of rotatable bonds is 9. The SMILES string of the molecule is CCCCCCCOC(CCN)C(F)(F)F. The maximum absolute atomic E-state index is 12.4. The lowest BCUT2D eigenvalue weighted by Gasteiger charge is -2.20. The van der Waals surface area contributed by atoms with E-state index in [0.717, 1.165) is 25.7 Å². The third-order valence-corrected chi connectivity index (χ3v) is 2.36. The minimum atomic E-state index is -4.29. The Bertz CT molecular complexity index is 162. The van der Waals surface area contributed by atoms with Crippen LogP contribution in [0, 0.1) is 0 Å². The molecule has 0 aliphatic heterocycles. The Morgan fingerprint density at radius 2 is 1.75 bits per heavy atom. The van der Waals surface area contributed by atoms with Gasteiger partial charge in [0, 0.05) is 6.61 Å². The van der Waals surface area contributed by atoms with E-state index in [1.165, 1.54) is 0 Å². The Morgan fingerprint density at radius 3 is 2.25 bits per heavy atom. The van der Waals surface area contributed by atoms with E-state index in [0.29, 0.717) is 6.42 Å². The van der Waals surface area contributed by atoms with E-state index in [9.17, 15) is 13.2 Å². The molecule has 2 N–H and O–H groups in total. The smallest absolute Gasteiger partial charge is 0.369 e. The van der Waals surface area contributed by atoms with Crippen molar-refractivity contribution < 1.29 is 17.9 Å². The second-order valence-electron chi connectivity index (χ2n) is 3.89. The molecule has 0 aromatic rings. The van der Waals surface area contributed by atoms with Crippen LogP contribution in [0.3, 0.4) is 0 Å². The van der Waals surface area contributed by atoms with E-state index in [-0.39, 0.29) is 19.6 Å². The molecule has 0 heterocycles. The van der Waals surface area contributed by atoms with Gasteiger partial charge in [0.1, 0.15) is 0 Å². The lowest BCUT2D eigenvalue weighted by molar-refractivity contribution is -0.221. The standard InChI is InChI=1S/C11H22F3NO/c1-2-3-4-5-6-9-16-10(7-8-15)11(12,13)14/h10H,2-9,15H2,1H3. The molecule has 0 aliphatic carbocycles. The third-order valence-electron chi connectivity index (χ3n) is 2.36. The molecule has 0 aromatic heterocycles. The zero-order valence-electron chi connectivity index (χ0n) is 9.85. The minimum Gasteiger partial charge on any atom is -0.369 e. The van der Waals surface area contributed by atoms with Crippen molar-refractivity contribution in [3.63, 3.8) is 0 Å². The summed E-state index contributed by atoms with van der Waals surface area (Å²) >= 11 is 0. The fraction of sp³-hybridized carbons (Fsp3) is 1.00. The summed E-state index contributed by atoms with van der Waals surface area (Å²) in [6.45, 7) is 2.27. The van der Waals surface area contributed by atoms with Crippen LogP contribution in [-0.2, 0) is 4.74 Å². The van der Waals surface area contributed by atoms with E-state index >= 15 is 0 Å². The molecule has 0 radical (unpaired) electrons. The first-order chi connectivity index (χ1) is 7.52. The molecule has 0 aliphatic rings. The van der Waals surface area contributed by atoms with Gasteiger partial charge in [0.05, 0.1) is 0 Å². The van der Waals surface area contributed by atoms with Crippen molar-refractivity contribution >= 4 is 0 Å². The van der Waals surface area contributed by atoms with Crippen LogP contribution in [0.5, 0.6) is 0 Å². The van der Waals surface area contributed by atoms with Gasteiger partial charge >= 0.3 is 6.18 Å². The minimum absolute atomic E-state index is 0.0000113. The molecule has 0 aromatic carbocycles. The molecule has 0 rings (SSSR count). The van der Waals surface area contributed by atoms with Crippen LogP contribution < -0.4 is 5.73 Å². The molecule has 16 heavy (non-hydrogen) atoms. The molecule has 1 atom stereocenters. The Labute approximate surface area is 95.3 Å². The van der Waals surface area contributed by atoms with Crippen molar-refractivity contribution in [2.75, 3.05) is 13.2 Å². The summed E-state index contributed by atoms with van der Waals surface area (Å²) in [5.41, 5.74) is 5.12. The molecule has 0 fully saturated rings. The molecule has 0 saturated heterocycles. The highest BCUT2D eigenvalue weighted by atomic mass is 19.4. The number of alkyl halides is 3. The molecular weight excluding hydrogens is 219 g/mol. The Morgan fingerprint density at radius 1 is 1.12 bits per heavy atom. The first-order valence-electron chi connectivity index (χ1n) is 5.90. The van der Waals surface area contributed by atoms with E-state index in [4.69, 9.17) is 10.5 Å². The average molecular weight is 241 g/mol. The van der Waals surface area contributed by atoms with Crippen molar-refractivity contribution in [1.29, 1.82) is 0 Å². The van der Waals surface area contributed by atoms with Gasteiger partial charge in [-0.1, -0.05) is 32.6 Å². The molecule has 0 saturated carbocycles. The van der Waals surface area contributed by atoms with Crippen molar-refractivity contribution in [1.82, 2.24) is 0 Å². The van der Waals surface area contributed by atoms with Gasteiger partial charge in [0.2, 0.25) is 0 Å². The van der Waals surface area contributed by atoms with Gasteiger partial charge in [0.15, 0.2) is 6.10 Å². The van der Waals surface area contributed by atoms with Crippen LogP contribution in [0.15, 0.2) is 0 Å². The zero-order valence-corrected chi connectivity index (χ0v) is 9.85. The lowest BCUT2D eigenvalue weighted by atomic mass is 10.2. The highest BCUT2D eigenvalue weighted by molar-refractivity contribution is 4.68.